The number of anilines is 2. The van der Waals surface area contributed by atoms with Crippen LogP contribution in [0.3, 0.4) is 0 Å². The third-order valence-electron chi connectivity index (χ3n) is 9.50. The van der Waals surface area contributed by atoms with Crippen LogP contribution in [-0.2, 0) is 14.3 Å². The second-order valence-corrected chi connectivity index (χ2v) is 12.9. The van der Waals surface area contributed by atoms with Crippen LogP contribution in [0.25, 0.3) is 44.2 Å². The van der Waals surface area contributed by atoms with E-state index in [9.17, 15) is 24.6 Å². The smallest absolute Gasteiger partial charge is 0.327 e. The summed E-state index contributed by atoms with van der Waals surface area (Å²) in [6.07, 6.45) is 3.30. The summed E-state index contributed by atoms with van der Waals surface area (Å²) in [5.74, 6) is -0.840. The van der Waals surface area contributed by atoms with E-state index < -0.39 is 17.9 Å². The molecular formula is C34H29N3O8S. The lowest BCUT2D eigenvalue weighted by Crippen LogP contribution is -2.40. The molecule has 2 unspecified atom stereocenters. The Bertz CT molecular complexity index is 2290. The Morgan fingerprint density at radius 2 is 1.72 bits per heavy atom. The number of hydrogen-bond acceptors (Lipinski definition) is 11. The minimum absolute atomic E-state index is 0.0455. The van der Waals surface area contributed by atoms with Gasteiger partial charge in [0.15, 0.2) is 17.3 Å². The van der Waals surface area contributed by atoms with Gasteiger partial charge in [0.1, 0.15) is 23.3 Å². The Kier molecular flexibility index (Phi) is 6.05. The number of nitrogens with zero attached hydrogens (tertiary/aromatic N) is 1. The van der Waals surface area contributed by atoms with Gasteiger partial charge in [-0.05, 0) is 19.2 Å². The van der Waals surface area contributed by atoms with Crippen LogP contribution in [0.2, 0.25) is 0 Å². The van der Waals surface area contributed by atoms with Crippen molar-refractivity contribution in [2.45, 2.75) is 30.7 Å². The molecule has 4 aromatic carbocycles. The van der Waals surface area contributed by atoms with E-state index in [1.54, 1.807) is 18.9 Å². The number of carboxylic acid groups (broad SMARTS) is 1. The van der Waals surface area contributed by atoms with Gasteiger partial charge in [0, 0.05) is 63.2 Å². The highest BCUT2D eigenvalue weighted by Crippen LogP contribution is 2.59. The van der Waals surface area contributed by atoms with Gasteiger partial charge in [0.2, 0.25) is 0 Å². The van der Waals surface area contributed by atoms with Crippen LogP contribution >= 0.6 is 11.8 Å². The summed E-state index contributed by atoms with van der Waals surface area (Å²) in [6.45, 7) is 3.89. The highest BCUT2D eigenvalue weighted by Gasteiger charge is 2.41. The molecule has 2 heterocycles. The largest absolute Gasteiger partial charge is 0.504 e. The fraction of sp³-hybridized carbons (Fsp3) is 0.294. The standard InChI is InChI=1S/C34H29N3O8S/c1-11-8-13-18-21-19(28-27(13)37-14(10-36-28)34(41)42)15(39)9-16(43-3)20(21)25-23-22(18)24(17(11)12(2)38)31(44-4)30(40)26(23)29-33(32(25)45-5)46-7-6-35-29/h8-9,14,17,36-37,40H,6-7,10H2,1-5H3,(H,41,42). The number of carboxylic acids is 1. The number of aliphatic carboxylic acids is 1. The molecule has 0 aromatic heterocycles. The van der Waals surface area contributed by atoms with E-state index in [0.29, 0.717) is 101 Å². The number of rotatable bonds is 5. The quantitative estimate of drug-likeness (QED) is 0.174. The van der Waals surface area contributed by atoms with Crippen molar-refractivity contribution >= 4 is 84.8 Å². The molecule has 0 radical (unpaired) electrons. The molecular weight excluding hydrogens is 610 g/mol. The molecule has 4 N–H and O–H groups in total. The van der Waals surface area contributed by atoms with Crippen LogP contribution < -0.4 is 25.5 Å². The maximum atomic E-state index is 14.1. The zero-order valence-electron chi connectivity index (χ0n) is 25.6. The summed E-state index contributed by atoms with van der Waals surface area (Å²) in [6, 6.07) is -0.977. The molecule has 2 atom stereocenters. The number of carbonyl (C=O) groups is 3. The van der Waals surface area contributed by atoms with Crippen molar-refractivity contribution in [2.75, 3.05) is 50.8 Å². The first-order chi connectivity index (χ1) is 22.1. The van der Waals surface area contributed by atoms with E-state index in [0.717, 1.165) is 4.90 Å². The minimum atomic E-state index is -1.05. The third kappa shape index (κ3) is 3.39. The van der Waals surface area contributed by atoms with Gasteiger partial charge in [-0.15, -0.1) is 11.8 Å². The average molecular weight is 640 g/mol. The molecule has 0 saturated carbocycles. The molecule has 8 rings (SSSR count). The Morgan fingerprint density at radius 3 is 2.39 bits per heavy atom. The lowest BCUT2D eigenvalue weighted by atomic mass is 9.77. The molecule has 0 bridgehead atoms. The van der Waals surface area contributed by atoms with Crippen LogP contribution in [0.15, 0.2) is 21.5 Å². The highest BCUT2D eigenvalue weighted by atomic mass is 32.2. The number of phenols is 1. The number of aromatic hydroxyl groups is 1. The van der Waals surface area contributed by atoms with E-state index >= 15 is 0 Å². The number of Topliss-reactive ketones (excluding diaryl/α,β-unsaturated/α-hetero) is 1. The monoisotopic (exact) mass is 639 g/mol. The molecule has 4 aromatic rings. The van der Waals surface area contributed by atoms with Gasteiger partial charge in [-0.25, -0.2) is 4.79 Å². The molecule has 0 amide bonds. The van der Waals surface area contributed by atoms with Crippen molar-refractivity contribution in [3.63, 3.8) is 0 Å². The number of allylic oxidation sites excluding steroid dienone is 2. The second kappa shape index (κ2) is 9.76. The lowest BCUT2D eigenvalue weighted by molar-refractivity contribution is -0.137. The number of fused-ring (bicyclic) bond motifs is 6. The van der Waals surface area contributed by atoms with E-state index in [-0.39, 0.29) is 29.6 Å². The Labute approximate surface area is 266 Å². The van der Waals surface area contributed by atoms with Crippen LogP contribution in [0.1, 0.15) is 46.8 Å². The summed E-state index contributed by atoms with van der Waals surface area (Å²) in [5, 5.41) is 32.5. The Morgan fingerprint density at radius 1 is 0.957 bits per heavy atom. The maximum absolute atomic E-state index is 14.1. The molecule has 0 spiro atoms. The van der Waals surface area contributed by atoms with Crippen LogP contribution in [0.4, 0.5) is 11.4 Å². The molecule has 2 aliphatic heterocycles. The Hall–Kier alpha value is -4.97. The number of phenolic OH excluding ortho intramolecular Hbond substituents is 1. The summed E-state index contributed by atoms with van der Waals surface area (Å²) in [4.78, 5) is 45.5. The number of ether oxygens (including phenoxy) is 3. The lowest BCUT2D eigenvalue weighted by Gasteiger charge is -2.33. The van der Waals surface area contributed by atoms with Gasteiger partial charge in [-0.2, -0.15) is 0 Å². The number of benzene rings is 4. The number of carbonyl (C=O) groups excluding carboxylic acids is 2. The average Bonchev–Trinajstić information content (AvgIpc) is 3.17. The Balaban J connectivity index is 1.79. The SMILES string of the molecule is COC1=CC(=O)c2c3c(c4c5c2c1c1c(OC)c2c(c6c(O)c(OC)c(c5c16)C(C(C)=O)C(C)=C4)=NCCS2)NC(C(=O)O)CN3. The van der Waals surface area contributed by atoms with Gasteiger partial charge >= 0.3 is 5.97 Å². The third-order valence-corrected chi connectivity index (χ3v) is 10.6. The number of nitrogens with one attached hydrogen (secondary N) is 2. The topological polar surface area (TPSA) is 156 Å². The number of hydrogen-bond donors (Lipinski definition) is 4. The molecule has 0 fully saturated rings. The van der Waals surface area contributed by atoms with E-state index in [4.69, 9.17) is 19.2 Å². The zero-order valence-corrected chi connectivity index (χ0v) is 26.4. The van der Waals surface area contributed by atoms with E-state index in [2.05, 4.69) is 10.6 Å². The van der Waals surface area contributed by atoms with Crippen LogP contribution in [0, 0.1) is 0 Å². The van der Waals surface area contributed by atoms with Gasteiger partial charge in [0.25, 0.3) is 0 Å². The fourth-order valence-electron chi connectivity index (χ4n) is 7.86. The summed E-state index contributed by atoms with van der Waals surface area (Å²) >= 11 is 1.57. The van der Waals surface area contributed by atoms with Crippen molar-refractivity contribution in [3.8, 4) is 17.2 Å². The molecule has 46 heavy (non-hydrogen) atoms. The van der Waals surface area contributed by atoms with Crippen LogP contribution in [0.5, 0.6) is 17.2 Å². The van der Waals surface area contributed by atoms with E-state index in [1.807, 2.05) is 13.0 Å². The summed E-state index contributed by atoms with van der Waals surface area (Å²) in [5.41, 5.74) is 3.59. The first-order valence-electron chi connectivity index (χ1n) is 14.8. The van der Waals surface area contributed by atoms with Gasteiger partial charge in [0.05, 0.1) is 59.8 Å². The van der Waals surface area contributed by atoms with Gasteiger partial charge < -0.3 is 35.1 Å². The number of methoxy groups -OCH3 is 3. The molecule has 4 aliphatic rings. The first-order valence-corrected chi connectivity index (χ1v) is 15.8. The predicted octanol–water partition coefficient (Wildman–Crippen LogP) is 4.88. The second-order valence-electron chi connectivity index (χ2n) is 11.8. The van der Waals surface area contributed by atoms with E-state index in [1.165, 1.54) is 27.2 Å². The summed E-state index contributed by atoms with van der Waals surface area (Å²) in [7, 11) is 4.53. The molecule has 12 heteroatoms. The maximum Gasteiger partial charge on any atom is 0.327 e. The molecule has 11 nitrogen and oxygen atoms in total. The van der Waals surface area contributed by atoms with Crippen LogP contribution in [-0.4, -0.2) is 74.0 Å². The van der Waals surface area contributed by atoms with Crippen molar-refractivity contribution in [1.29, 1.82) is 0 Å². The highest BCUT2D eigenvalue weighted by molar-refractivity contribution is 7.99. The van der Waals surface area contributed by atoms with Gasteiger partial charge in [-0.1, -0.05) is 11.6 Å². The fourth-order valence-corrected chi connectivity index (χ4v) is 8.87. The number of ketones is 2. The minimum Gasteiger partial charge on any atom is -0.504 e. The van der Waals surface area contributed by atoms with Crippen molar-refractivity contribution in [2.24, 2.45) is 4.99 Å². The zero-order chi connectivity index (χ0) is 32.3. The summed E-state index contributed by atoms with van der Waals surface area (Å²) < 4.78 is 18.0. The number of thioether (sulfide) groups is 1. The van der Waals surface area contributed by atoms with Crippen molar-refractivity contribution in [3.05, 3.63) is 39.3 Å². The normalized spacial score (nSPS) is 19.4. The van der Waals surface area contributed by atoms with Crippen molar-refractivity contribution in [1.82, 2.24) is 0 Å². The predicted molar refractivity (Wildman–Crippen MR) is 176 cm³/mol. The molecule has 234 valence electrons. The first kappa shape index (κ1) is 28.5. The molecule has 2 aliphatic carbocycles. The van der Waals surface area contributed by atoms with Gasteiger partial charge in [-0.3, -0.25) is 14.6 Å². The van der Waals surface area contributed by atoms with Crippen molar-refractivity contribution < 1.29 is 38.8 Å². The molecule has 0 saturated heterocycles.